The lowest BCUT2D eigenvalue weighted by Crippen LogP contribution is -2.33. The zero-order chi connectivity index (χ0) is 18.1. The number of methoxy groups -OCH3 is 1. The molecule has 0 saturated heterocycles. The predicted octanol–water partition coefficient (Wildman–Crippen LogP) is 2.53. The Morgan fingerprint density at radius 2 is 2.04 bits per heavy atom. The van der Waals surface area contributed by atoms with Gasteiger partial charge in [-0.15, -0.1) is 0 Å². The smallest absolute Gasteiger partial charge is 0.245 e. The molecule has 1 aromatic carbocycles. The van der Waals surface area contributed by atoms with E-state index in [0.717, 1.165) is 28.0 Å². The second-order valence-electron chi connectivity index (χ2n) is 6.23. The maximum Gasteiger partial charge on any atom is 0.245 e. The van der Waals surface area contributed by atoms with E-state index in [9.17, 15) is 4.79 Å². The number of nitrogens with zero attached hydrogens (tertiary/aromatic N) is 4. The third kappa shape index (κ3) is 3.22. The molecule has 0 bridgehead atoms. The number of carbonyl (C=O) groups excluding carboxylic acids is 1. The quantitative estimate of drug-likeness (QED) is 0.774. The molecule has 2 atom stereocenters. The minimum absolute atomic E-state index is 0.0891. The lowest BCUT2D eigenvalue weighted by atomic mass is 10.1. The molecule has 25 heavy (non-hydrogen) atoms. The second-order valence-corrected chi connectivity index (χ2v) is 6.23. The summed E-state index contributed by atoms with van der Waals surface area (Å²) < 4.78 is 8.70. The Morgan fingerprint density at radius 3 is 2.72 bits per heavy atom. The lowest BCUT2D eigenvalue weighted by molar-refractivity contribution is -0.124. The third-order valence-corrected chi connectivity index (χ3v) is 4.43. The van der Waals surface area contributed by atoms with Crippen LogP contribution in [0.1, 0.15) is 37.2 Å². The number of fused-ring (bicyclic) bond motifs is 1. The molecule has 0 aliphatic rings. The van der Waals surface area contributed by atoms with Gasteiger partial charge in [-0.05, 0) is 38.5 Å². The number of hydrogen-bond acceptors (Lipinski definition) is 4. The molecule has 0 saturated carbocycles. The van der Waals surface area contributed by atoms with Crippen LogP contribution >= 0.6 is 0 Å². The molecular formula is C18H23N5O2. The number of aryl methyl sites for hydroxylation is 2. The molecule has 1 N–H and O–H groups in total. The van der Waals surface area contributed by atoms with Gasteiger partial charge in [0.1, 0.15) is 22.8 Å². The van der Waals surface area contributed by atoms with Crippen molar-refractivity contribution in [3.63, 3.8) is 0 Å². The van der Waals surface area contributed by atoms with E-state index in [2.05, 4.69) is 15.5 Å². The van der Waals surface area contributed by atoms with Crippen LogP contribution in [0, 0.1) is 6.92 Å². The van der Waals surface area contributed by atoms with Gasteiger partial charge in [0.15, 0.2) is 0 Å². The highest BCUT2D eigenvalue weighted by molar-refractivity contribution is 5.82. The van der Waals surface area contributed by atoms with Crippen LogP contribution in [0.4, 0.5) is 0 Å². The zero-order valence-electron chi connectivity index (χ0n) is 15.1. The number of carbonyl (C=O) groups is 1. The largest absolute Gasteiger partial charge is 0.497 e. The van der Waals surface area contributed by atoms with Gasteiger partial charge in [0.2, 0.25) is 5.91 Å². The number of aromatic nitrogens is 4. The van der Waals surface area contributed by atoms with Gasteiger partial charge in [-0.25, -0.2) is 0 Å². The van der Waals surface area contributed by atoms with Crippen molar-refractivity contribution in [3.8, 4) is 5.75 Å². The molecule has 0 aliphatic carbocycles. The molecule has 2 heterocycles. The van der Waals surface area contributed by atoms with Crippen molar-refractivity contribution >= 4 is 16.9 Å². The van der Waals surface area contributed by atoms with Crippen LogP contribution in [-0.4, -0.2) is 32.6 Å². The highest BCUT2D eigenvalue weighted by Crippen LogP contribution is 2.21. The van der Waals surface area contributed by atoms with E-state index in [0.29, 0.717) is 0 Å². The van der Waals surface area contributed by atoms with Crippen LogP contribution in [0.15, 0.2) is 30.5 Å². The second kappa shape index (κ2) is 6.58. The number of nitrogens with one attached hydrogen (secondary N) is 1. The summed E-state index contributed by atoms with van der Waals surface area (Å²) in [6, 6.07) is 7.14. The van der Waals surface area contributed by atoms with Crippen molar-refractivity contribution in [1.29, 1.82) is 0 Å². The van der Waals surface area contributed by atoms with Gasteiger partial charge in [-0.3, -0.25) is 14.2 Å². The summed E-state index contributed by atoms with van der Waals surface area (Å²) in [5.74, 6) is 0.682. The average molecular weight is 341 g/mol. The summed E-state index contributed by atoms with van der Waals surface area (Å²) in [6.45, 7) is 5.70. The van der Waals surface area contributed by atoms with Crippen molar-refractivity contribution in [1.82, 2.24) is 24.9 Å². The van der Waals surface area contributed by atoms with Crippen molar-refractivity contribution in [2.75, 3.05) is 7.11 Å². The average Bonchev–Trinajstić information content (AvgIpc) is 3.16. The Hall–Kier alpha value is -2.83. The molecule has 7 heteroatoms. The lowest BCUT2D eigenvalue weighted by Gasteiger charge is -2.18. The summed E-state index contributed by atoms with van der Waals surface area (Å²) in [4.78, 5) is 12.6. The van der Waals surface area contributed by atoms with E-state index < -0.39 is 6.04 Å². The zero-order valence-corrected chi connectivity index (χ0v) is 15.1. The van der Waals surface area contributed by atoms with Crippen LogP contribution in [-0.2, 0) is 11.8 Å². The minimum Gasteiger partial charge on any atom is -0.497 e. The van der Waals surface area contributed by atoms with E-state index in [-0.39, 0.29) is 11.9 Å². The van der Waals surface area contributed by atoms with E-state index in [1.54, 1.807) is 16.5 Å². The molecule has 0 unspecified atom stereocenters. The maximum atomic E-state index is 12.6. The highest BCUT2D eigenvalue weighted by atomic mass is 16.5. The molecule has 0 radical (unpaired) electrons. The summed E-state index contributed by atoms with van der Waals surface area (Å²) in [7, 11) is 3.50. The van der Waals surface area contributed by atoms with Crippen LogP contribution < -0.4 is 10.1 Å². The Labute approximate surface area is 146 Å². The number of benzene rings is 1. The normalized spacial score (nSPS) is 13.6. The van der Waals surface area contributed by atoms with Gasteiger partial charge < -0.3 is 10.1 Å². The molecule has 0 aliphatic heterocycles. The first-order chi connectivity index (χ1) is 11.9. The van der Waals surface area contributed by atoms with Crippen LogP contribution in [0.25, 0.3) is 11.0 Å². The van der Waals surface area contributed by atoms with Gasteiger partial charge in [0.25, 0.3) is 0 Å². The Kier molecular flexibility index (Phi) is 4.48. The molecule has 0 spiro atoms. The Morgan fingerprint density at radius 1 is 1.28 bits per heavy atom. The molecule has 132 valence electrons. The van der Waals surface area contributed by atoms with Gasteiger partial charge >= 0.3 is 0 Å². The predicted molar refractivity (Wildman–Crippen MR) is 95.5 cm³/mol. The minimum atomic E-state index is -0.417. The molecule has 7 nitrogen and oxygen atoms in total. The van der Waals surface area contributed by atoms with Crippen LogP contribution in [0.5, 0.6) is 5.75 Å². The number of hydrogen-bond donors (Lipinski definition) is 1. The monoisotopic (exact) mass is 341 g/mol. The summed E-state index contributed by atoms with van der Waals surface area (Å²) in [5, 5.41) is 11.9. The molecule has 1 amide bonds. The van der Waals surface area contributed by atoms with E-state index in [1.165, 1.54) is 0 Å². The number of amides is 1. The number of ether oxygens (including phenoxy) is 1. The first-order valence-electron chi connectivity index (χ1n) is 8.23. The Balaban J connectivity index is 1.75. The van der Waals surface area contributed by atoms with E-state index >= 15 is 0 Å². The fourth-order valence-corrected chi connectivity index (χ4v) is 2.85. The highest BCUT2D eigenvalue weighted by Gasteiger charge is 2.21. The summed E-state index contributed by atoms with van der Waals surface area (Å²) >= 11 is 0. The molecule has 2 aromatic heterocycles. The van der Waals surface area contributed by atoms with Crippen LogP contribution in [0.2, 0.25) is 0 Å². The van der Waals surface area contributed by atoms with Gasteiger partial charge in [0.05, 0.1) is 25.0 Å². The fraction of sp³-hybridized carbons (Fsp3) is 0.389. The molecule has 3 rings (SSSR count). The van der Waals surface area contributed by atoms with Gasteiger partial charge in [0, 0.05) is 7.05 Å². The maximum absolute atomic E-state index is 12.6. The van der Waals surface area contributed by atoms with Crippen LogP contribution in [0.3, 0.4) is 0 Å². The summed E-state index contributed by atoms with van der Waals surface area (Å²) in [5.41, 5.74) is 3.58. The molecular weight excluding hydrogens is 318 g/mol. The Bertz CT molecular complexity index is 877. The standard InChI is InChI=1S/C18H23N5O2/c1-11(14-7-6-8-15(9-14)25-5)19-18(24)13(3)23-10-16-17(21-23)12(2)20-22(16)4/h6-11,13H,1-5H3,(H,19,24)/t11-,13+/m1/s1. The molecule has 3 aromatic rings. The van der Waals surface area contributed by atoms with E-state index in [1.807, 2.05) is 58.3 Å². The van der Waals surface area contributed by atoms with Crippen molar-refractivity contribution in [3.05, 3.63) is 41.7 Å². The van der Waals surface area contributed by atoms with Crippen molar-refractivity contribution in [2.45, 2.75) is 32.9 Å². The third-order valence-electron chi connectivity index (χ3n) is 4.43. The van der Waals surface area contributed by atoms with Gasteiger partial charge in [-0.2, -0.15) is 10.2 Å². The van der Waals surface area contributed by atoms with Crippen molar-refractivity contribution < 1.29 is 9.53 Å². The number of rotatable bonds is 5. The fourth-order valence-electron chi connectivity index (χ4n) is 2.85. The molecule has 0 fully saturated rings. The topological polar surface area (TPSA) is 74.0 Å². The first-order valence-corrected chi connectivity index (χ1v) is 8.23. The SMILES string of the molecule is COc1cccc([C@@H](C)NC(=O)[C@H](C)n2cc3c(n2)c(C)nn3C)c1. The van der Waals surface area contributed by atoms with Gasteiger partial charge in [-0.1, -0.05) is 12.1 Å². The first kappa shape index (κ1) is 17.0. The summed E-state index contributed by atoms with van der Waals surface area (Å²) in [6.07, 6.45) is 1.86. The van der Waals surface area contributed by atoms with Crippen molar-refractivity contribution in [2.24, 2.45) is 7.05 Å². The van der Waals surface area contributed by atoms with E-state index in [4.69, 9.17) is 4.74 Å².